The molecule has 2 amide bonds. The molecule has 0 bridgehead atoms. The molecule has 2 N–H and O–H groups in total. The number of anilines is 1. The van der Waals surface area contributed by atoms with Crippen molar-refractivity contribution in [2.75, 3.05) is 18.5 Å². The van der Waals surface area contributed by atoms with Gasteiger partial charge < -0.3 is 20.1 Å². The Morgan fingerprint density at radius 2 is 1.85 bits per heavy atom. The highest BCUT2D eigenvalue weighted by atomic mass is 35.5. The molecule has 3 rings (SSSR count). The maximum Gasteiger partial charge on any atom is 0.310 e. The van der Waals surface area contributed by atoms with Crippen LogP contribution in [0.25, 0.3) is 0 Å². The van der Waals surface area contributed by atoms with Crippen molar-refractivity contribution in [2.45, 2.75) is 52.6 Å². The van der Waals surface area contributed by atoms with Crippen LogP contribution in [0.4, 0.5) is 5.69 Å². The average Bonchev–Trinajstić information content (AvgIpc) is 3.08. The number of aliphatic hydroxyl groups is 1. The number of esters is 1. The molecular formula is C26H35ClN2O5. The number of halogens is 1. The Morgan fingerprint density at radius 1 is 1.18 bits per heavy atom. The fourth-order valence-electron chi connectivity index (χ4n) is 5.34. The van der Waals surface area contributed by atoms with Gasteiger partial charge in [-0.25, -0.2) is 0 Å². The lowest BCUT2D eigenvalue weighted by molar-refractivity contribution is -0.156. The van der Waals surface area contributed by atoms with Crippen molar-refractivity contribution in [1.29, 1.82) is 0 Å². The van der Waals surface area contributed by atoms with E-state index in [-0.39, 0.29) is 36.9 Å². The summed E-state index contributed by atoms with van der Waals surface area (Å²) in [5, 5.41) is 13.6. The first kappa shape index (κ1) is 26.2. The number of fused-ring (bicyclic) bond motifs is 1. The number of hydrogen-bond donors (Lipinski definition) is 2. The normalized spacial score (nSPS) is 27.0. The third kappa shape index (κ3) is 5.15. The minimum Gasteiger partial charge on any atom is -0.466 e. The van der Waals surface area contributed by atoms with Crippen molar-refractivity contribution in [3.63, 3.8) is 0 Å². The molecule has 1 saturated heterocycles. The SMILES string of the molecule is CCC[C@@H]1C=C[C@H]2[C@H](C(=O)N([C@@H](CO)C(C)C)[C@@H]2C(=O)Nc2ccc(Cl)cc2)[C@@H]1C(=O)OCC. The zero-order valence-electron chi connectivity index (χ0n) is 20.2. The van der Waals surface area contributed by atoms with Gasteiger partial charge in [0.2, 0.25) is 11.8 Å². The summed E-state index contributed by atoms with van der Waals surface area (Å²) >= 11 is 5.97. The molecule has 0 unspecified atom stereocenters. The molecule has 1 aliphatic heterocycles. The second kappa shape index (κ2) is 11.4. The van der Waals surface area contributed by atoms with Gasteiger partial charge in [0.15, 0.2) is 0 Å². The van der Waals surface area contributed by atoms with E-state index in [9.17, 15) is 19.5 Å². The molecule has 1 aliphatic carbocycles. The van der Waals surface area contributed by atoms with Crippen molar-refractivity contribution in [2.24, 2.45) is 29.6 Å². The minimum absolute atomic E-state index is 0.0867. The summed E-state index contributed by atoms with van der Waals surface area (Å²) in [6.45, 7) is 7.53. The Labute approximate surface area is 206 Å². The van der Waals surface area contributed by atoms with Crippen molar-refractivity contribution < 1.29 is 24.2 Å². The van der Waals surface area contributed by atoms with Gasteiger partial charge in [0.25, 0.3) is 0 Å². The third-order valence-electron chi connectivity index (χ3n) is 6.92. The highest BCUT2D eigenvalue weighted by Crippen LogP contribution is 2.47. The predicted molar refractivity (Wildman–Crippen MR) is 131 cm³/mol. The summed E-state index contributed by atoms with van der Waals surface area (Å²) in [7, 11) is 0. The fourth-order valence-corrected chi connectivity index (χ4v) is 5.47. The van der Waals surface area contributed by atoms with E-state index in [1.165, 1.54) is 4.90 Å². The molecule has 1 heterocycles. The quantitative estimate of drug-likeness (QED) is 0.404. The van der Waals surface area contributed by atoms with Gasteiger partial charge in [-0.3, -0.25) is 14.4 Å². The van der Waals surface area contributed by atoms with E-state index >= 15 is 0 Å². The summed E-state index contributed by atoms with van der Waals surface area (Å²) in [5.74, 6) is -3.15. The lowest BCUT2D eigenvalue weighted by atomic mass is 9.69. The summed E-state index contributed by atoms with van der Waals surface area (Å²) in [6.07, 6.45) is 5.48. The van der Waals surface area contributed by atoms with E-state index < -0.39 is 35.8 Å². The van der Waals surface area contributed by atoms with E-state index in [1.54, 1.807) is 31.2 Å². The topological polar surface area (TPSA) is 95.9 Å². The fraction of sp³-hybridized carbons (Fsp3) is 0.577. The first-order valence-corrected chi connectivity index (χ1v) is 12.5. The van der Waals surface area contributed by atoms with E-state index in [2.05, 4.69) is 5.32 Å². The van der Waals surface area contributed by atoms with Crippen LogP contribution >= 0.6 is 11.6 Å². The van der Waals surface area contributed by atoms with Gasteiger partial charge in [-0.15, -0.1) is 0 Å². The second-order valence-corrected chi connectivity index (χ2v) is 9.84. The summed E-state index contributed by atoms with van der Waals surface area (Å²) < 4.78 is 5.38. The number of aliphatic hydroxyl groups excluding tert-OH is 1. The number of nitrogens with one attached hydrogen (secondary N) is 1. The zero-order chi connectivity index (χ0) is 25.0. The van der Waals surface area contributed by atoms with Gasteiger partial charge in [-0.2, -0.15) is 0 Å². The number of nitrogens with zero attached hydrogens (tertiary/aromatic N) is 1. The monoisotopic (exact) mass is 490 g/mol. The molecule has 6 atom stereocenters. The molecule has 186 valence electrons. The van der Waals surface area contributed by atoms with Gasteiger partial charge in [-0.05, 0) is 49.4 Å². The Balaban J connectivity index is 2.04. The van der Waals surface area contributed by atoms with Crippen LogP contribution in [-0.4, -0.2) is 53.1 Å². The Kier molecular flexibility index (Phi) is 8.77. The van der Waals surface area contributed by atoms with Crippen molar-refractivity contribution in [1.82, 2.24) is 4.90 Å². The minimum atomic E-state index is -0.858. The van der Waals surface area contributed by atoms with Crippen molar-refractivity contribution in [3.8, 4) is 0 Å². The van der Waals surface area contributed by atoms with E-state index in [4.69, 9.17) is 16.3 Å². The van der Waals surface area contributed by atoms with Gasteiger partial charge in [0.1, 0.15) is 6.04 Å². The van der Waals surface area contributed by atoms with E-state index in [0.717, 1.165) is 12.8 Å². The van der Waals surface area contributed by atoms with Gasteiger partial charge in [-0.1, -0.05) is 50.9 Å². The molecule has 7 nitrogen and oxygen atoms in total. The third-order valence-corrected chi connectivity index (χ3v) is 7.17. The van der Waals surface area contributed by atoms with Crippen LogP contribution in [0.2, 0.25) is 5.02 Å². The van der Waals surface area contributed by atoms with E-state index in [1.807, 2.05) is 32.9 Å². The maximum absolute atomic E-state index is 13.9. The smallest absolute Gasteiger partial charge is 0.310 e. The summed E-state index contributed by atoms with van der Waals surface area (Å²) in [5.41, 5.74) is 0.556. The Morgan fingerprint density at radius 3 is 2.41 bits per heavy atom. The van der Waals surface area contributed by atoms with Crippen LogP contribution in [-0.2, 0) is 19.1 Å². The number of ether oxygens (including phenoxy) is 1. The van der Waals surface area contributed by atoms with Crippen LogP contribution in [0.5, 0.6) is 0 Å². The Hall–Kier alpha value is -2.38. The lowest BCUT2D eigenvalue weighted by Crippen LogP contribution is -2.52. The number of amides is 2. The predicted octanol–water partition coefficient (Wildman–Crippen LogP) is 3.90. The number of rotatable bonds is 9. The molecule has 34 heavy (non-hydrogen) atoms. The molecule has 0 spiro atoms. The van der Waals surface area contributed by atoms with E-state index in [0.29, 0.717) is 10.7 Å². The first-order chi connectivity index (χ1) is 16.2. The van der Waals surface area contributed by atoms with Crippen molar-refractivity contribution in [3.05, 3.63) is 41.4 Å². The molecule has 1 aromatic rings. The number of carbonyl (C=O) groups excluding carboxylic acids is 3. The number of hydrogen-bond acceptors (Lipinski definition) is 5. The second-order valence-electron chi connectivity index (χ2n) is 9.40. The van der Waals surface area contributed by atoms with Crippen LogP contribution < -0.4 is 5.32 Å². The molecule has 2 aliphatic rings. The molecule has 0 aromatic heterocycles. The summed E-state index contributed by atoms with van der Waals surface area (Å²) in [4.78, 5) is 42.1. The van der Waals surface area contributed by atoms with Crippen LogP contribution in [0.3, 0.4) is 0 Å². The highest BCUT2D eigenvalue weighted by molar-refractivity contribution is 6.30. The van der Waals surface area contributed by atoms with Crippen molar-refractivity contribution >= 4 is 35.1 Å². The van der Waals surface area contributed by atoms with Crippen LogP contribution in [0, 0.1) is 29.6 Å². The van der Waals surface area contributed by atoms with Gasteiger partial charge >= 0.3 is 5.97 Å². The molecule has 1 aromatic carbocycles. The molecule has 8 heteroatoms. The number of carbonyl (C=O) groups is 3. The average molecular weight is 491 g/mol. The van der Waals surface area contributed by atoms with Crippen LogP contribution in [0.1, 0.15) is 40.5 Å². The summed E-state index contributed by atoms with van der Waals surface area (Å²) in [6, 6.07) is 5.33. The maximum atomic E-state index is 13.9. The first-order valence-electron chi connectivity index (χ1n) is 12.1. The standard InChI is InChI=1S/C26H35ClN2O5/c1-5-7-16-8-13-19-22(21(16)26(33)34-6-2)25(32)29(20(14-30)15(3)4)23(19)24(31)28-18-11-9-17(27)10-12-18/h8-13,15-16,19-23,30H,5-7,14H2,1-4H3,(H,28,31)/t16-,19+,20+,21-,22+,23+/m1/s1. The van der Waals surface area contributed by atoms with Crippen LogP contribution in [0.15, 0.2) is 36.4 Å². The number of allylic oxidation sites excluding steroid dienone is 1. The van der Waals surface area contributed by atoms with Gasteiger partial charge in [0.05, 0.1) is 31.1 Å². The molecular weight excluding hydrogens is 456 g/mol. The number of benzene rings is 1. The molecule has 1 fully saturated rings. The Bertz CT molecular complexity index is 916. The zero-order valence-corrected chi connectivity index (χ0v) is 21.0. The largest absolute Gasteiger partial charge is 0.466 e. The van der Waals surface area contributed by atoms with Gasteiger partial charge in [0, 0.05) is 16.6 Å². The number of likely N-dealkylation sites (tertiary alicyclic amines) is 1. The molecule has 0 saturated carbocycles. The highest BCUT2D eigenvalue weighted by Gasteiger charge is 2.59. The lowest BCUT2D eigenvalue weighted by Gasteiger charge is -2.35. The molecule has 0 radical (unpaired) electrons.